The Morgan fingerprint density at radius 2 is 1.70 bits per heavy atom. The number of carboxylic acid groups (broad SMARTS) is 1. The fraction of sp³-hybridized carbons (Fsp3) is 0.385. The number of ether oxygens (including phenoxy) is 2. The Morgan fingerprint density at radius 1 is 1.07 bits per heavy atom. The normalized spacial score (nSPS) is 23.8. The molecule has 2 aliphatic rings. The van der Waals surface area contributed by atoms with E-state index < -0.39 is 41.5 Å². The molecule has 40 heavy (non-hydrogen) atoms. The van der Waals surface area contributed by atoms with Crippen molar-refractivity contribution in [2.45, 2.75) is 31.6 Å². The second kappa shape index (κ2) is 11.6. The molecule has 2 amide bonds. The number of hydrogen-bond donors (Lipinski definition) is 2. The van der Waals surface area contributed by atoms with E-state index in [1.165, 1.54) is 12.0 Å². The van der Waals surface area contributed by atoms with Crippen LogP contribution in [0.5, 0.6) is 5.75 Å². The number of nitrogens with zero attached hydrogens (tertiary/aromatic N) is 1. The van der Waals surface area contributed by atoms with E-state index in [9.17, 15) is 27.6 Å². The van der Waals surface area contributed by atoms with Crippen LogP contribution in [-0.4, -0.2) is 66.2 Å². The predicted octanol–water partition coefficient (Wildman–Crippen LogP) is 4.50. The lowest BCUT2D eigenvalue weighted by Crippen LogP contribution is -2.53. The van der Waals surface area contributed by atoms with Crippen LogP contribution < -0.4 is 10.1 Å². The van der Waals surface area contributed by atoms with Crippen LogP contribution in [0.1, 0.15) is 25.5 Å². The Balaban J connectivity index is 0.000000559. The van der Waals surface area contributed by atoms with E-state index in [0.29, 0.717) is 15.8 Å². The lowest BCUT2D eigenvalue weighted by Gasteiger charge is -2.28. The van der Waals surface area contributed by atoms with Crippen LogP contribution in [0.2, 0.25) is 10.0 Å². The topological polar surface area (TPSA) is 122 Å². The van der Waals surface area contributed by atoms with E-state index in [2.05, 4.69) is 5.32 Å². The Kier molecular flexibility index (Phi) is 9.07. The van der Waals surface area contributed by atoms with Crippen LogP contribution in [-0.2, 0) is 23.9 Å². The third-order valence-corrected chi connectivity index (χ3v) is 7.60. The number of rotatable bonds is 5. The van der Waals surface area contributed by atoms with Crippen LogP contribution in [0.3, 0.4) is 0 Å². The highest BCUT2D eigenvalue weighted by Gasteiger charge is 2.66. The average Bonchev–Trinajstić information content (AvgIpc) is 3.36. The first-order chi connectivity index (χ1) is 18.6. The lowest BCUT2D eigenvalue weighted by molar-refractivity contribution is -0.192. The van der Waals surface area contributed by atoms with Gasteiger partial charge in [0.25, 0.3) is 0 Å². The van der Waals surface area contributed by atoms with Crippen molar-refractivity contribution in [3.05, 3.63) is 52.0 Å². The number of carbonyl (C=O) groups excluding carboxylic acids is 3. The number of amides is 2. The highest BCUT2D eigenvalue weighted by Crippen LogP contribution is 2.50. The Hall–Kier alpha value is -3.35. The van der Waals surface area contributed by atoms with Crippen LogP contribution in [0.4, 0.5) is 13.2 Å². The summed E-state index contributed by atoms with van der Waals surface area (Å²) >= 11 is 12.2. The molecule has 2 fully saturated rings. The number of alkyl halides is 3. The molecule has 2 N–H and O–H groups in total. The molecule has 0 aromatic heterocycles. The first-order valence-corrected chi connectivity index (χ1v) is 12.5. The van der Waals surface area contributed by atoms with Gasteiger partial charge in [0.1, 0.15) is 11.3 Å². The maximum absolute atomic E-state index is 13.2. The molecular formula is C26H25Cl2F3N2O7. The molecule has 0 bridgehead atoms. The Bertz CT molecular complexity index is 1350. The molecule has 0 radical (unpaired) electrons. The Morgan fingerprint density at radius 3 is 2.20 bits per heavy atom. The number of carboxylic acids is 1. The molecule has 2 aromatic rings. The van der Waals surface area contributed by atoms with Gasteiger partial charge >= 0.3 is 18.1 Å². The van der Waals surface area contributed by atoms with E-state index in [1.54, 1.807) is 33.1 Å². The minimum Gasteiger partial charge on any atom is -0.496 e. The predicted molar refractivity (Wildman–Crippen MR) is 138 cm³/mol. The first kappa shape index (κ1) is 31.2. The number of nitrogens with one attached hydrogen (secondary N) is 1. The molecule has 14 heteroatoms. The molecule has 216 valence electrons. The number of methoxy groups -OCH3 is 2. The third kappa shape index (κ3) is 5.61. The second-order valence-electron chi connectivity index (χ2n) is 9.13. The van der Waals surface area contributed by atoms with Gasteiger partial charge in [0.05, 0.1) is 36.1 Å². The minimum absolute atomic E-state index is 0.244. The number of esters is 1. The number of benzene rings is 2. The number of halogens is 5. The van der Waals surface area contributed by atoms with Crippen molar-refractivity contribution in [3.63, 3.8) is 0 Å². The lowest BCUT2D eigenvalue weighted by atomic mass is 9.80. The van der Waals surface area contributed by atoms with Gasteiger partial charge < -0.3 is 14.6 Å². The second-order valence-corrected chi connectivity index (χ2v) is 9.95. The molecule has 3 unspecified atom stereocenters. The molecule has 4 atom stereocenters. The first-order valence-electron chi connectivity index (χ1n) is 11.8. The van der Waals surface area contributed by atoms with Crippen molar-refractivity contribution < 1.29 is 46.9 Å². The van der Waals surface area contributed by atoms with Gasteiger partial charge in [0, 0.05) is 18.2 Å². The third-order valence-electron chi connectivity index (χ3n) is 6.86. The van der Waals surface area contributed by atoms with Crippen LogP contribution in [0.25, 0.3) is 11.1 Å². The van der Waals surface area contributed by atoms with Gasteiger partial charge in [-0.1, -0.05) is 41.4 Å². The van der Waals surface area contributed by atoms with Crippen molar-refractivity contribution in [1.82, 2.24) is 10.2 Å². The summed E-state index contributed by atoms with van der Waals surface area (Å²) in [6, 6.07) is 10.2. The van der Waals surface area contributed by atoms with Gasteiger partial charge in [-0.15, -0.1) is 0 Å². The van der Waals surface area contributed by atoms with E-state index in [-0.39, 0.29) is 18.4 Å². The molecule has 4 rings (SSSR count). The van der Waals surface area contributed by atoms with E-state index in [0.717, 1.165) is 16.7 Å². The van der Waals surface area contributed by atoms with Gasteiger partial charge in [0.2, 0.25) is 11.8 Å². The minimum atomic E-state index is -5.08. The SMILES string of the molecule is CCN1C(=O)C2C(c3ccc(-c4ccc(Cl)c(Cl)c4)c(OC)c3)N[C@@](C)(C(=O)OC)C2C1=O.O=C(O)C(F)(F)F. The number of hydrogen-bond acceptors (Lipinski definition) is 7. The summed E-state index contributed by atoms with van der Waals surface area (Å²) in [6.45, 7) is 3.60. The van der Waals surface area contributed by atoms with Gasteiger partial charge in [-0.3, -0.25) is 24.6 Å². The molecule has 0 aliphatic carbocycles. The van der Waals surface area contributed by atoms with Crippen molar-refractivity contribution in [3.8, 4) is 16.9 Å². The fourth-order valence-corrected chi connectivity index (χ4v) is 5.30. The largest absolute Gasteiger partial charge is 0.496 e. The fourth-order valence-electron chi connectivity index (χ4n) is 5.00. The molecular weight excluding hydrogens is 580 g/mol. The van der Waals surface area contributed by atoms with Crippen LogP contribution in [0.15, 0.2) is 36.4 Å². The van der Waals surface area contributed by atoms with Crippen LogP contribution >= 0.6 is 23.2 Å². The van der Waals surface area contributed by atoms with E-state index >= 15 is 0 Å². The zero-order valence-electron chi connectivity index (χ0n) is 21.6. The van der Waals surface area contributed by atoms with E-state index in [4.69, 9.17) is 42.6 Å². The summed E-state index contributed by atoms with van der Waals surface area (Å²) in [5.74, 6) is -5.05. The summed E-state index contributed by atoms with van der Waals surface area (Å²) in [5, 5.41) is 11.2. The van der Waals surface area contributed by atoms with Gasteiger partial charge in [-0.2, -0.15) is 13.2 Å². The highest BCUT2D eigenvalue weighted by atomic mass is 35.5. The molecule has 0 spiro atoms. The smallest absolute Gasteiger partial charge is 0.490 e. The van der Waals surface area contributed by atoms with E-state index in [1.807, 2.05) is 24.3 Å². The maximum Gasteiger partial charge on any atom is 0.490 e. The van der Waals surface area contributed by atoms with Crippen LogP contribution in [0, 0.1) is 11.8 Å². The zero-order valence-corrected chi connectivity index (χ0v) is 23.1. The monoisotopic (exact) mass is 604 g/mol. The average molecular weight is 605 g/mol. The summed E-state index contributed by atoms with van der Waals surface area (Å²) in [5.41, 5.74) is 0.983. The Labute approximate surface area is 237 Å². The number of imide groups is 1. The van der Waals surface area contributed by atoms with Gasteiger partial charge in [-0.05, 0) is 43.2 Å². The van der Waals surface area contributed by atoms with Crippen molar-refractivity contribution in [2.75, 3.05) is 20.8 Å². The number of fused-ring (bicyclic) bond motifs is 1. The molecule has 2 heterocycles. The highest BCUT2D eigenvalue weighted by molar-refractivity contribution is 6.42. The number of carbonyl (C=O) groups is 4. The maximum atomic E-state index is 13.2. The molecule has 0 saturated carbocycles. The summed E-state index contributed by atoms with van der Waals surface area (Å²) in [7, 11) is 2.82. The van der Waals surface area contributed by atoms with Gasteiger partial charge in [0.15, 0.2) is 0 Å². The summed E-state index contributed by atoms with van der Waals surface area (Å²) in [4.78, 5) is 49.1. The molecule has 2 aromatic carbocycles. The van der Waals surface area contributed by atoms with Gasteiger partial charge in [-0.25, -0.2) is 4.79 Å². The number of aliphatic carboxylic acids is 1. The van der Waals surface area contributed by atoms with Crippen molar-refractivity contribution in [1.29, 1.82) is 0 Å². The quantitative estimate of drug-likeness (QED) is 0.378. The standard InChI is InChI=1S/C24H24Cl2N2O5.C2HF3O2/c1-5-28-21(29)18-19(22(28)30)24(2,23(31)33-4)27-20(18)13-6-8-14(17(11-13)32-3)12-7-9-15(25)16(26)10-12;3-2(4,5)1(6)7/h6-11,18-20,27H,5H2,1-4H3;(H,6,7)/t18?,19?,20?,24-;/m1./s1. The molecule has 2 aliphatic heterocycles. The van der Waals surface area contributed by atoms with Crippen molar-refractivity contribution in [2.24, 2.45) is 11.8 Å². The molecule has 2 saturated heterocycles. The summed E-state index contributed by atoms with van der Waals surface area (Å²) < 4.78 is 42.4. The molecule has 9 nitrogen and oxygen atoms in total. The number of likely N-dealkylation sites (tertiary alicyclic amines) is 1. The zero-order chi connectivity index (χ0) is 30.2. The summed E-state index contributed by atoms with van der Waals surface area (Å²) in [6.07, 6.45) is -5.08. The van der Waals surface area contributed by atoms with Crippen molar-refractivity contribution >= 4 is 47.0 Å².